The lowest BCUT2D eigenvalue weighted by atomic mass is 9.80. The Morgan fingerprint density at radius 3 is 2.34 bits per heavy atom. The van der Waals surface area contributed by atoms with Crippen molar-refractivity contribution in [2.75, 3.05) is 11.5 Å². The monoisotopic (exact) mass is 393 g/mol. The summed E-state index contributed by atoms with van der Waals surface area (Å²) >= 11 is 0. The number of esters is 1. The first-order valence-corrected chi connectivity index (χ1v) is 9.91. The van der Waals surface area contributed by atoms with Crippen molar-refractivity contribution in [3.05, 3.63) is 65.7 Å². The molecule has 6 heteroatoms. The molecule has 0 bridgehead atoms. The van der Waals surface area contributed by atoms with Crippen LogP contribution in [-0.4, -0.2) is 29.9 Å². The second kappa shape index (κ2) is 7.12. The Kier molecular flexibility index (Phi) is 4.74. The van der Waals surface area contributed by atoms with E-state index in [0.717, 1.165) is 11.1 Å². The Morgan fingerprint density at radius 1 is 1.07 bits per heavy atom. The minimum absolute atomic E-state index is 0.222. The third-order valence-electron chi connectivity index (χ3n) is 6.10. The molecule has 0 unspecified atom stereocenters. The summed E-state index contributed by atoms with van der Waals surface area (Å²) in [5.41, 5.74) is 1.41. The molecule has 150 valence electrons. The number of hydrogen-bond acceptors (Lipinski definition) is 4. The van der Waals surface area contributed by atoms with Gasteiger partial charge < -0.3 is 10.1 Å². The summed E-state index contributed by atoms with van der Waals surface area (Å²) in [7, 11) is 0. The van der Waals surface area contributed by atoms with Gasteiger partial charge in [0.25, 0.3) is 0 Å². The van der Waals surface area contributed by atoms with Crippen LogP contribution in [0, 0.1) is 18.8 Å². The van der Waals surface area contributed by atoms with Crippen molar-refractivity contribution in [1.82, 2.24) is 0 Å². The van der Waals surface area contributed by atoms with Crippen molar-refractivity contribution in [2.24, 2.45) is 11.8 Å². The van der Waals surface area contributed by atoms with E-state index >= 15 is 0 Å². The number of amides is 2. The largest absolute Gasteiger partial charge is 0.461 e. The van der Waals surface area contributed by atoms with E-state index in [1.165, 1.54) is 4.90 Å². The summed E-state index contributed by atoms with van der Waals surface area (Å²) in [5.74, 6) is -2.46. The number of ether oxygens (including phenoxy) is 1. The molecule has 2 saturated heterocycles. The van der Waals surface area contributed by atoms with Crippen LogP contribution in [0.4, 0.5) is 5.69 Å². The van der Waals surface area contributed by atoms with E-state index in [2.05, 4.69) is 0 Å². The van der Waals surface area contributed by atoms with Crippen molar-refractivity contribution >= 4 is 23.5 Å². The number of benzene rings is 2. The Hall–Kier alpha value is -2.99. The molecule has 2 aromatic rings. The number of imide groups is 1. The third kappa shape index (κ3) is 2.95. The van der Waals surface area contributed by atoms with Crippen LogP contribution in [0.3, 0.4) is 0 Å². The maximum absolute atomic E-state index is 13.4. The van der Waals surface area contributed by atoms with Gasteiger partial charge in [0.2, 0.25) is 17.4 Å². The number of hydrogen-bond donors (Lipinski definition) is 1. The Labute approximate surface area is 169 Å². The Balaban J connectivity index is 1.81. The van der Waals surface area contributed by atoms with Gasteiger partial charge >= 0.3 is 5.97 Å². The Bertz CT molecular complexity index is 957. The van der Waals surface area contributed by atoms with E-state index < -0.39 is 23.3 Å². The van der Waals surface area contributed by atoms with E-state index in [-0.39, 0.29) is 24.5 Å². The van der Waals surface area contributed by atoms with Crippen LogP contribution in [0.25, 0.3) is 0 Å². The number of nitrogens with two attached hydrogens (primary N) is 1. The van der Waals surface area contributed by atoms with E-state index in [0.29, 0.717) is 5.69 Å². The fourth-order valence-corrected chi connectivity index (χ4v) is 4.67. The summed E-state index contributed by atoms with van der Waals surface area (Å²) in [6, 6.07) is 16.5. The van der Waals surface area contributed by atoms with Gasteiger partial charge in [-0.25, -0.2) is 9.69 Å². The normalized spacial score (nSPS) is 28.5. The molecule has 2 aliphatic heterocycles. The molecule has 0 aliphatic carbocycles. The van der Waals surface area contributed by atoms with Crippen molar-refractivity contribution in [3.63, 3.8) is 0 Å². The first-order valence-electron chi connectivity index (χ1n) is 9.91. The number of fused-ring (bicyclic) bond motifs is 1. The molecule has 2 aliphatic rings. The van der Waals surface area contributed by atoms with Gasteiger partial charge in [0.1, 0.15) is 17.9 Å². The van der Waals surface area contributed by atoms with Crippen LogP contribution in [-0.2, 0) is 19.1 Å². The first kappa shape index (κ1) is 19.3. The molecule has 4 atom stereocenters. The van der Waals surface area contributed by atoms with Crippen LogP contribution in [0.2, 0.25) is 0 Å². The van der Waals surface area contributed by atoms with Gasteiger partial charge in [0, 0.05) is 12.5 Å². The zero-order chi connectivity index (χ0) is 20.8. The number of carbonyl (C=O) groups is 3. The number of aryl methyl sites for hydroxylation is 1. The molecule has 0 radical (unpaired) electrons. The predicted octanol–water partition coefficient (Wildman–Crippen LogP) is 1.74. The molecule has 2 amide bonds. The van der Waals surface area contributed by atoms with Crippen molar-refractivity contribution < 1.29 is 24.4 Å². The molecule has 2 aromatic carbocycles. The van der Waals surface area contributed by atoms with Crippen molar-refractivity contribution in [2.45, 2.75) is 32.4 Å². The lowest BCUT2D eigenvalue weighted by Crippen LogP contribution is -2.97. The molecule has 0 saturated carbocycles. The van der Waals surface area contributed by atoms with E-state index in [1.54, 1.807) is 38.1 Å². The highest BCUT2D eigenvalue weighted by Crippen LogP contribution is 2.45. The highest BCUT2D eigenvalue weighted by molar-refractivity contribution is 6.23. The molecular formula is C23H25N2O4+. The number of carbonyl (C=O) groups excluding carboxylic acids is 3. The zero-order valence-corrected chi connectivity index (χ0v) is 16.8. The molecule has 2 N–H and O–H groups in total. The number of anilines is 1. The number of quaternary nitrogens is 1. The van der Waals surface area contributed by atoms with Gasteiger partial charge in [-0.1, -0.05) is 48.0 Å². The average molecular weight is 393 g/mol. The van der Waals surface area contributed by atoms with Crippen LogP contribution in [0.1, 0.15) is 31.0 Å². The maximum Gasteiger partial charge on any atom is 0.368 e. The average Bonchev–Trinajstić information content (AvgIpc) is 3.17. The minimum Gasteiger partial charge on any atom is -0.461 e. The van der Waals surface area contributed by atoms with E-state index in [9.17, 15) is 14.4 Å². The predicted molar refractivity (Wildman–Crippen MR) is 107 cm³/mol. The van der Waals surface area contributed by atoms with Gasteiger partial charge in [-0.2, -0.15) is 0 Å². The second-order valence-corrected chi connectivity index (χ2v) is 7.96. The van der Waals surface area contributed by atoms with Gasteiger partial charge in [0.05, 0.1) is 12.3 Å². The van der Waals surface area contributed by atoms with Gasteiger partial charge in [-0.05, 0) is 26.0 Å². The maximum atomic E-state index is 13.4. The Morgan fingerprint density at radius 2 is 1.72 bits per heavy atom. The summed E-state index contributed by atoms with van der Waals surface area (Å²) in [5, 5.41) is 1.85. The van der Waals surface area contributed by atoms with Crippen LogP contribution in [0.15, 0.2) is 54.6 Å². The quantitative estimate of drug-likeness (QED) is 0.634. The molecular weight excluding hydrogens is 368 g/mol. The smallest absolute Gasteiger partial charge is 0.368 e. The van der Waals surface area contributed by atoms with E-state index in [1.807, 2.05) is 42.6 Å². The number of rotatable bonds is 4. The van der Waals surface area contributed by atoms with Gasteiger partial charge in [0.15, 0.2) is 0 Å². The minimum atomic E-state index is -1.16. The van der Waals surface area contributed by atoms with Crippen molar-refractivity contribution in [1.29, 1.82) is 0 Å². The third-order valence-corrected chi connectivity index (χ3v) is 6.10. The number of nitrogens with zero attached hydrogens (tertiary/aromatic N) is 1. The van der Waals surface area contributed by atoms with Crippen LogP contribution < -0.4 is 10.2 Å². The summed E-state index contributed by atoms with van der Waals surface area (Å²) in [6.07, 6.45) is 0. The zero-order valence-electron chi connectivity index (χ0n) is 16.8. The summed E-state index contributed by atoms with van der Waals surface area (Å²) in [4.78, 5) is 41.0. The number of para-hydroxylation sites is 1. The van der Waals surface area contributed by atoms with Crippen LogP contribution >= 0.6 is 0 Å². The molecule has 29 heavy (non-hydrogen) atoms. The van der Waals surface area contributed by atoms with Crippen LogP contribution in [0.5, 0.6) is 0 Å². The summed E-state index contributed by atoms with van der Waals surface area (Å²) < 4.78 is 5.31. The van der Waals surface area contributed by atoms with E-state index in [4.69, 9.17) is 4.74 Å². The lowest BCUT2D eigenvalue weighted by molar-refractivity contribution is -0.731. The second-order valence-electron chi connectivity index (χ2n) is 7.96. The molecule has 0 aromatic heterocycles. The lowest BCUT2D eigenvalue weighted by Gasteiger charge is -2.26. The topological polar surface area (TPSA) is 80.3 Å². The standard InChI is InChI=1S/C23H24N2O4/c1-4-29-22(28)23(3)18-17(19(24-23)15-12-10-14(2)11-13-15)20(26)25(21(18)27)16-8-6-5-7-9-16/h5-13,17-19,24H,4H2,1-3H3/p+1/t17-,18+,19-,23-/m0/s1. The molecule has 4 rings (SSSR count). The van der Waals surface area contributed by atoms with Crippen molar-refractivity contribution in [3.8, 4) is 0 Å². The SMILES string of the molecule is CCOC(=O)[C@@]1(C)[NH2+][C@@H](c2ccc(C)cc2)[C@H]2C(=O)N(c3ccccc3)C(=O)[C@@H]21. The molecule has 2 heterocycles. The fraction of sp³-hybridized carbons (Fsp3) is 0.348. The molecule has 6 nitrogen and oxygen atoms in total. The van der Waals surface area contributed by atoms with Gasteiger partial charge in [-0.15, -0.1) is 0 Å². The highest BCUT2D eigenvalue weighted by Gasteiger charge is 2.70. The summed E-state index contributed by atoms with van der Waals surface area (Å²) in [6.45, 7) is 5.67. The first-order chi connectivity index (χ1) is 13.9. The molecule has 2 fully saturated rings. The van der Waals surface area contributed by atoms with Gasteiger partial charge in [-0.3, -0.25) is 9.59 Å². The molecule has 0 spiro atoms. The highest BCUT2D eigenvalue weighted by atomic mass is 16.5. The fourth-order valence-electron chi connectivity index (χ4n) is 4.67.